The summed E-state index contributed by atoms with van der Waals surface area (Å²) in [5.41, 5.74) is 2.77. The van der Waals surface area contributed by atoms with E-state index in [1.165, 1.54) is 0 Å². The first kappa shape index (κ1) is 18.0. The van der Waals surface area contributed by atoms with Gasteiger partial charge in [-0.1, -0.05) is 12.8 Å². The fourth-order valence-electron chi connectivity index (χ4n) is 4.45. The van der Waals surface area contributed by atoms with Gasteiger partial charge in [-0.2, -0.15) is 0 Å². The maximum atomic E-state index is 12.3. The number of nitrogens with zero attached hydrogens (tertiary/aromatic N) is 1. The van der Waals surface area contributed by atoms with Gasteiger partial charge in [-0.3, -0.25) is 14.4 Å². The van der Waals surface area contributed by atoms with Crippen molar-refractivity contribution in [3.05, 3.63) is 23.3 Å². The smallest absolute Gasteiger partial charge is 0.313 e. The molecule has 0 atom stereocenters. The summed E-state index contributed by atoms with van der Waals surface area (Å²) >= 11 is 0. The second kappa shape index (κ2) is 6.96. The van der Waals surface area contributed by atoms with Crippen molar-refractivity contribution in [2.45, 2.75) is 57.0 Å². The number of rotatable bonds is 3. The van der Waals surface area contributed by atoms with Crippen LogP contribution in [0.5, 0.6) is 0 Å². The van der Waals surface area contributed by atoms with Crippen LogP contribution >= 0.6 is 0 Å². The Morgan fingerprint density at radius 1 is 1.04 bits per heavy atom. The van der Waals surface area contributed by atoms with Crippen LogP contribution in [-0.2, 0) is 27.2 Å². The van der Waals surface area contributed by atoms with Crippen LogP contribution in [0.3, 0.4) is 0 Å². The van der Waals surface area contributed by atoms with Crippen LogP contribution in [-0.4, -0.2) is 41.5 Å². The first-order valence-corrected chi connectivity index (χ1v) is 9.73. The van der Waals surface area contributed by atoms with Gasteiger partial charge in [0, 0.05) is 25.2 Å². The van der Waals surface area contributed by atoms with Crippen molar-refractivity contribution in [3.8, 4) is 0 Å². The molecular formula is C20H25N3O4. The maximum Gasteiger partial charge on any atom is 0.313 e. The number of hydrogen-bond acceptors (Lipinski definition) is 4. The molecule has 2 heterocycles. The Labute approximate surface area is 158 Å². The summed E-state index contributed by atoms with van der Waals surface area (Å²) in [6, 6.07) is 3.72. The van der Waals surface area contributed by atoms with E-state index in [4.69, 9.17) is 0 Å². The number of hydrogen-bond donors (Lipinski definition) is 3. The van der Waals surface area contributed by atoms with Crippen LogP contribution in [0.25, 0.3) is 0 Å². The highest BCUT2D eigenvalue weighted by Gasteiger charge is 2.32. The minimum absolute atomic E-state index is 0.103. The van der Waals surface area contributed by atoms with Gasteiger partial charge in [-0.25, -0.2) is 0 Å². The van der Waals surface area contributed by atoms with Crippen molar-refractivity contribution in [1.82, 2.24) is 5.32 Å². The Balaban J connectivity index is 1.44. The Hall–Kier alpha value is -2.41. The average Bonchev–Trinajstić information content (AvgIpc) is 3.09. The molecule has 0 radical (unpaired) electrons. The zero-order valence-corrected chi connectivity index (χ0v) is 15.3. The summed E-state index contributed by atoms with van der Waals surface area (Å²) < 4.78 is 0. The molecule has 2 aliphatic heterocycles. The van der Waals surface area contributed by atoms with Gasteiger partial charge in [0.05, 0.1) is 11.3 Å². The Kier molecular flexibility index (Phi) is 4.63. The van der Waals surface area contributed by atoms with Crippen molar-refractivity contribution in [1.29, 1.82) is 0 Å². The summed E-state index contributed by atoms with van der Waals surface area (Å²) in [4.78, 5) is 38.3. The van der Waals surface area contributed by atoms with Gasteiger partial charge < -0.3 is 20.6 Å². The fourth-order valence-corrected chi connectivity index (χ4v) is 4.45. The molecule has 3 N–H and O–H groups in total. The van der Waals surface area contributed by atoms with Crippen molar-refractivity contribution in [2.75, 3.05) is 23.3 Å². The molecule has 0 spiro atoms. The lowest BCUT2D eigenvalue weighted by Crippen LogP contribution is -2.44. The number of aliphatic hydroxyl groups is 1. The zero-order valence-electron chi connectivity index (χ0n) is 15.3. The number of anilines is 2. The van der Waals surface area contributed by atoms with Gasteiger partial charge in [0.25, 0.3) is 0 Å². The number of nitrogens with one attached hydrogen (secondary N) is 2. The van der Waals surface area contributed by atoms with Gasteiger partial charge in [0.1, 0.15) is 0 Å². The number of carbonyl (C=O) groups is 3. The van der Waals surface area contributed by atoms with E-state index in [-0.39, 0.29) is 12.5 Å². The van der Waals surface area contributed by atoms with E-state index in [0.717, 1.165) is 49.0 Å². The summed E-state index contributed by atoms with van der Waals surface area (Å²) in [5.74, 6) is -1.31. The van der Waals surface area contributed by atoms with E-state index in [1.807, 2.05) is 17.0 Å². The molecule has 27 heavy (non-hydrogen) atoms. The van der Waals surface area contributed by atoms with E-state index in [2.05, 4.69) is 10.6 Å². The first-order chi connectivity index (χ1) is 13.0. The van der Waals surface area contributed by atoms with Gasteiger partial charge in [-0.05, 0) is 55.4 Å². The third kappa shape index (κ3) is 3.56. The number of benzene rings is 1. The minimum Gasteiger partial charge on any atom is -0.388 e. The topological polar surface area (TPSA) is 98.7 Å². The Morgan fingerprint density at radius 2 is 1.74 bits per heavy atom. The van der Waals surface area contributed by atoms with Gasteiger partial charge in [-0.15, -0.1) is 0 Å². The van der Waals surface area contributed by atoms with Crippen LogP contribution < -0.4 is 15.5 Å². The van der Waals surface area contributed by atoms with Gasteiger partial charge >= 0.3 is 11.8 Å². The number of amides is 3. The largest absolute Gasteiger partial charge is 0.388 e. The molecule has 3 aliphatic rings. The molecule has 3 amide bonds. The summed E-state index contributed by atoms with van der Waals surface area (Å²) in [5, 5.41) is 15.5. The van der Waals surface area contributed by atoms with Crippen LogP contribution in [0, 0.1) is 0 Å². The molecule has 1 fully saturated rings. The quantitative estimate of drug-likeness (QED) is 0.697. The van der Waals surface area contributed by atoms with Crippen molar-refractivity contribution in [2.24, 2.45) is 0 Å². The average molecular weight is 371 g/mol. The molecule has 7 heteroatoms. The predicted molar refractivity (Wildman–Crippen MR) is 100 cm³/mol. The second-order valence-corrected chi connectivity index (χ2v) is 7.86. The summed E-state index contributed by atoms with van der Waals surface area (Å²) in [6.45, 7) is 0.849. The van der Waals surface area contributed by atoms with E-state index in [1.54, 1.807) is 0 Å². The second-order valence-electron chi connectivity index (χ2n) is 7.86. The van der Waals surface area contributed by atoms with E-state index >= 15 is 0 Å². The van der Waals surface area contributed by atoms with Crippen molar-refractivity contribution in [3.63, 3.8) is 0 Å². The molecule has 1 saturated carbocycles. The zero-order chi connectivity index (χ0) is 19.0. The molecule has 1 aromatic rings. The van der Waals surface area contributed by atoms with Crippen LogP contribution in [0.4, 0.5) is 11.4 Å². The lowest BCUT2D eigenvalue weighted by molar-refractivity contribution is -0.136. The molecule has 7 nitrogen and oxygen atoms in total. The number of aryl methyl sites for hydroxylation is 2. The Bertz CT molecular complexity index is 781. The lowest BCUT2D eigenvalue weighted by Gasteiger charge is -2.35. The molecule has 1 aliphatic carbocycles. The monoisotopic (exact) mass is 371 g/mol. The van der Waals surface area contributed by atoms with Crippen LogP contribution in [0.15, 0.2) is 12.1 Å². The molecule has 144 valence electrons. The highest BCUT2D eigenvalue weighted by molar-refractivity contribution is 6.39. The normalized spacial score (nSPS) is 20.2. The molecule has 1 aromatic carbocycles. The SMILES string of the molecule is O=C(NCC1(O)CCCC1)C(=O)Nc1cc2c3c(c1)CCC(=O)N3CCC2. The fraction of sp³-hybridized carbons (Fsp3) is 0.550. The third-order valence-corrected chi connectivity index (χ3v) is 5.85. The maximum absolute atomic E-state index is 12.3. The predicted octanol–water partition coefficient (Wildman–Crippen LogP) is 1.27. The standard InChI is InChI=1S/C20H25N3O4/c24-16-6-5-14-11-15(10-13-4-3-9-23(16)17(13)14)22-19(26)18(25)21-12-20(27)7-1-2-8-20/h10-11,27H,1-9,12H2,(H,21,25)(H,22,26). The molecular weight excluding hydrogens is 346 g/mol. The van der Waals surface area contributed by atoms with Crippen LogP contribution in [0.1, 0.15) is 49.7 Å². The van der Waals surface area contributed by atoms with E-state index in [9.17, 15) is 19.5 Å². The van der Waals surface area contributed by atoms with Crippen LogP contribution in [0.2, 0.25) is 0 Å². The molecule has 0 unspecified atom stereocenters. The molecule has 0 aromatic heterocycles. The third-order valence-electron chi connectivity index (χ3n) is 5.85. The highest BCUT2D eigenvalue weighted by atomic mass is 16.3. The van der Waals surface area contributed by atoms with E-state index in [0.29, 0.717) is 31.4 Å². The first-order valence-electron chi connectivity index (χ1n) is 9.73. The number of carbonyl (C=O) groups excluding carboxylic acids is 3. The summed E-state index contributed by atoms with van der Waals surface area (Å²) in [7, 11) is 0. The summed E-state index contributed by atoms with van der Waals surface area (Å²) in [6.07, 6.45) is 6.07. The van der Waals surface area contributed by atoms with Crippen molar-refractivity contribution < 1.29 is 19.5 Å². The molecule has 0 saturated heterocycles. The minimum atomic E-state index is -0.887. The van der Waals surface area contributed by atoms with E-state index < -0.39 is 17.4 Å². The van der Waals surface area contributed by atoms with Gasteiger partial charge in [0.15, 0.2) is 0 Å². The van der Waals surface area contributed by atoms with Gasteiger partial charge in [0.2, 0.25) is 5.91 Å². The Morgan fingerprint density at radius 3 is 2.48 bits per heavy atom. The lowest BCUT2D eigenvalue weighted by atomic mass is 9.91. The molecule has 4 rings (SSSR count). The van der Waals surface area contributed by atoms with Crippen molar-refractivity contribution >= 4 is 29.1 Å². The molecule has 0 bridgehead atoms. The highest BCUT2D eigenvalue weighted by Crippen LogP contribution is 2.37.